The molecule has 0 saturated heterocycles. The van der Waals surface area contributed by atoms with Crippen LogP contribution in [0, 0.1) is 0 Å². The molecule has 0 N–H and O–H groups in total. The maximum atomic E-state index is 13.2. The molecular weight excluding hydrogens is 449 g/mol. The molecule has 0 aliphatic carbocycles. The highest BCUT2D eigenvalue weighted by atomic mass is 79.9. The van der Waals surface area contributed by atoms with Gasteiger partial charge in [-0.1, -0.05) is 35.0 Å². The minimum Gasteiger partial charge on any atom is -0.406 e. The van der Waals surface area contributed by atoms with Gasteiger partial charge in [-0.3, -0.25) is 0 Å². The summed E-state index contributed by atoms with van der Waals surface area (Å²) in [6, 6.07) is 10.9. The van der Waals surface area contributed by atoms with E-state index in [0.29, 0.717) is 12.1 Å². The van der Waals surface area contributed by atoms with E-state index < -0.39 is 22.1 Å². The molecule has 3 rings (SSSR count). The predicted molar refractivity (Wildman–Crippen MR) is 99.3 cm³/mol. The van der Waals surface area contributed by atoms with Crippen molar-refractivity contribution in [1.29, 1.82) is 0 Å². The Kier molecular flexibility index (Phi) is 5.22. The average molecular weight is 463 g/mol. The van der Waals surface area contributed by atoms with E-state index in [-0.39, 0.29) is 21.2 Å². The van der Waals surface area contributed by atoms with E-state index in [4.69, 9.17) is 0 Å². The van der Waals surface area contributed by atoms with Gasteiger partial charge >= 0.3 is 6.36 Å². The number of rotatable bonds is 4. The molecule has 0 aromatic heterocycles. The van der Waals surface area contributed by atoms with Crippen LogP contribution in [0.25, 0.3) is 0 Å². The summed E-state index contributed by atoms with van der Waals surface area (Å²) in [7, 11) is -3.98. The summed E-state index contributed by atoms with van der Waals surface area (Å²) in [4.78, 5) is 4.12. The minimum atomic E-state index is -4.83. The fourth-order valence-corrected chi connectivity index (χ4v) is 4.67. The number of para-hydroxylation sites is 1. The Labute approximate surface area is 162 Å². The first-order valence-corrected chi connectivity index (χ1v) is 10.2. The van der Waals surface area contributed by atoms with E-state index in [1.54, 1.807) is 18.2 Å². The molecule has 1 unspecified atom stereocenters. The fourth-order valence-electron chi connectivity index (χ4n) is 2.59. The summed E-state index contributed by atoms with van der Waals surface area (Å²) in [5.41, 5.74) is 0.481. The molecule has 10 heteroatoms. The second-order valence-electron chi connectivity index (χ2n) is 5.62. The third-order valence-electron chi connectivity index (χ3n) is 3.77. The molecule has 144 valence electrons. The van der Waals surface area contributed by atoms with Crippen molar-refractivity contribution in [2.75, 3.05) is 4.31 Å². The van der Waals surface area contributed by atoms with Crippen molar-refractivity contribution in [3.05, 3.63) is 48.5 Å². The molecule has 27 heavy (non-hydrogen) atoms. The monoisotopic (exact) mass is 462 g/mol. The lowest BCUT2D eigenvalue weighted by molar-refractivity contribution is -0.274. The van der Waals surface area contributed by atoms with Crippen LogP contribution in [0.1, 0.15) is 13.3 Å². The molecule has 0 spiro atoms. The highest BCUT2D eigenvalue weighted by molar-refractivity contribution is 9.10. The van der Waals surface area contributed by atoms with E-state index in [9.17, 15) is 21.6 Å². The normalized spacial score (nSPS) is 17.1. The number of aliphatic imine (C=N–C) groups is 1. The van der Waals surface area contributed by atoms with Crippen molar-refractivity contribution in [2.24, 2.45) is 4.99 Å². The van der Waals surface area contributed by atoms with Gasteiger partial charge in [0.15, 0.2) is 0 Å². The summed E-state index contributed by atoms with van der Waals surface area (Å²) in [6.45, 7) is 1.85. The van der Waals surface area contributed by atoms with E-state index in [2.05, 4.69) is 25.7 Å². The molecule has 2 aromatic rings. The number of ether oxygens (including phenoxy) is 1. The van der Waals surface area contributed by atoms with Crippen LogP contribution in [0.4, 0.5) is 24.5 Å². The fraction of sp³-hybridized carbons (Fsp3) is 0.235. The minimum absolute atomic E-state index is 0.0279. The van der Waals surface area contributed by atoms with Gasteiger partial charge in [0.25, 0.3) is 10.0 Å². The number of alkyl halides is 4. The van der Waals surface area contributed by atoms with Gasteiger partial charge in [0, 0.05) is 0 Å². The number of fused-ring (bicyclic) bond motifs is 1. The van der Waals surface area contributed by atoms with E-state index >= 15 is 0 Å². The number of amidine groups is 1. The van der Waals surface area contributed by atoms with Crippen LogP contribution in [0.5, 0.6) is 5.75 Å². The number of halogens is 4. The van der Waals surface area contributed by atoms with Gasteiger partial charge in [0.05, 0.1) is 16.2 Å². The van der Waals surface area contributed by atoms with Crippen molar-refractivity contribution < 1.29 is 26.3 Å². The van der Waals surface area contributed by atoms with Gasteiger partial charge in [-0.25, -0.2) is 17.7 Å². The lowest BCUT2D eigenvalue weighted by atomic mass is 10.2. The SMILES string of the molecule is CCC(Br)C1=Nc2ccccc2S(=O)(=O)N1c1ccc(OC(F)(F)F)cc1. The Morgan fingerprint density at radius 1 is 1.15 bits per heavy atom. The van der Waals surface area contributed by atoms with Crippen LogP contribution in [0.2, 0.25) is 0 Å². The third-order valence-corrected chi connectivity index (χ3v) is 6.61. The van der Waals surface area contributed by atoms with Gasteiger partial charge in [0.2, 0.25) is 0 Å². The lowest BCUT2D eigenvalue weighted by Crippen LogP contribution is -2.43. The Morgan fingerprint density at radius 2 is 1.78 bits per heavy atom. The van der Waals surface area contributed by atoms with Gasteiger partial charge in [0.1, 0.15) is 16.5 Å². The zero-order valence-electron chi connectivity index (χ0n) is 13.9. The summed E-state index contributed by atoms with van der Waals surface area (Å²) in [5, 5.41) is 0. The first-order chi connectivity index (χ1) is 12.6. The quantitative estimate of drug-likeness (QED) is 0.600. The van der Waals surface area contributed by atoms with Gasteiger partial charge < -0.3 is 4.74 Å². The highest BCUT2D eigenvalue weighted by Gasteiger charge is 2.37. The maximum Gasteiger partial charge on any atom is 0.573 e. The molecule has 0 bridgehead atoms. The summed E-state index contributed by atoms with van der Waals surface area (Å²) in [5.74, 6) is -0.203. The number of sulfonamides is 1. The zero-order valence-corrected chi connectivity index (χ0v) is 16.3. The van der Waals surface area contributed by atoms with E-state index in [1.165, 1.54) is 18.2 Å². The predicted octanol–water partition coefficient (Wildman–Crippen LogP) is 5.00. The molecule has 1 heterocycles. The Balaban J connectivity index is 2.10. The third kappa shape index (κ3) is 3.96. The van der Waals surface area contributed by atoms with Crippen LogP contribution in [-0.2, 0) is 10.0 Å². The van der Waals surface area contributed by atoms with Crippen LogP contribution < -0.4 is 9.04 Å². The van der Waals surface area contributed by atoms with Crippen molar-refractivity contribution >= 4 is 43.2 Å². The number of nitrogens with zero attached hydrogens (tertiary/aromatic N) is 2. The molecule has 0 saturated carbocycles. The van der Waals surface area contributed by atoms with Gasteiger partial charge in [-0.2, -0.15) is 0 Å². The van der Waals surface area contributed by atoms with Gasteiger partial charge in [-0.05, 0) is 42.8 Å². The molecule has 1 aliphatic heterocycles. The summed E-state index contributed by atoms with van der Waals surface area (Å²) < 4.78 is 68.2. The highest BCUT2D eigenvalue weighted by Crippen LogP contribution is 2.38. The average Bonchev–Trinajstić information content (AvgIpc) is 2.60. The Bertz CT molecular complexity index is 976. The lowest BCUT2D eigenvalue weighted by Gasteiger charge is -2.31. The molecular formula is C17H14BrF3N2O3S. The largest absolute Gasteiger partial charge is 0.573 e. The Morgan fingerprint density at radius 3 is 2.37 bits per heavy atom. The maximum absolute atomic E-state index is 13.2. The number of anilines is 1. The van der Waals surface area contributed by atoms with Crippen LogP contribution >= 0.6 is 15.9 Å². The van der Waals surface area contributed by atoms with E-state index in [0.717, 1.165) is 16.4 Å². The first-order valence-electron chi connectivity index (χ1n) is 7.86. The van der Waals surface area contributed by atoms with Crippen molar-refractivity contribution in [3.8, 4) is 5.75 Å². The van der Waals surface area contributed by atoms with Crippen molar-refractivity contribution in [3.63, 3.8) is 0 Å². The standard InChI is InChI=1S/C17H14BrF3N2O3S/c1-2-13(18)16-22-14-5-3-4-6-15(14)27(24,25)23(16)11-7-9-12(10-8-11)26-17(19,20)21/h3-10,13H,2H2,1H3. The number of hydrogen-bond donors (Lipinski definition) is 0. The smallest absolute Gasteiger partial charge is 0.406 e. The molecule has 5 nitrogen and oxygen atoms in total. The summed E-state index contributed by atoms with van der Waals surface area (Å²) >= 11 is 3.42. The van der Waals surface area contributed by atoms with Crippen LogP contribution in [0.3, 0.4) is 0 Å². The van der Waals surface area contributed by atoms with E-state index in [1.807, 2.05) is 6.92 Å². The molecule has 2 aromatic carbocycles. The number of benzene rings is 2. The second-order valence-corrected chi connectivity index (χ2v) is 8.49. The van der Waals surface area contributed by atoms with Crippen molar-refractivity contribution in [2.45, 2.75) is 29.4 Å². The zero-order chi connectivity index (χ0) is 19.8. The topological polar surface area (TPSA) is 59.0 Å². The Hall–Kier alpha value is -2.07. The molecule has 0 amide bonds. The second kappa shape index (κ2) is 7.16. The van der Waals surface area contributed by atoms with Crippen LogP contribution in [0.15, 0.2) is 58.4 Å². The molecule has 1 aliphatic rings. The van der Waals surface area contributed by atoms with Gasteiger partial charge in [-0.15, -0.1) is 13.2 Å². The summed E-state index contributed by atoms with van der Waals surface area (Å²) in [6.07, 6.45) is -4.27. The molecule has 0 fully saturated rings. The first kappa shape index (κ1) is 19.7. The molecule has 0 radical (unpaired) electrons. The van der Waals surface area contributed by atoms with Crippen molar-refractivity contribution in [1.82, 2.24) is 0 Å². The molecule has 1 atom stereocenters. The number of hydrogen-bond acceptors (Lipinski definition) is 4. The van der Waals surface area contributed by atoms with Crippen LogP contribution in [-0.4, -0.2) is 25.4 Å².